The van der Waals surface area contributed by atoms with E-state index in [1.165, 1.54) is 35.9 Å². The molecule has 12 heteroatoms. The van der Waals surface area contributed by atoms with Crippen LogP contribution in [-0.4, -0.2) is 47.2 Å². The van der Waals surface area contributed by atoms with E-state index in [0.717, 1.165) is 0 Å². The fraction of sp³-hybridized carbons (Fsp3) is 0.286. The minimum absolute atomic E-state index is 0.199. The van der Waals surface area contributed by atoms with E-state index in [9.17, 15) is 23.2 Å². The summed E-state index contributed by atoms with van der Waals surface area (Å²) < 4.78 is 54.1. The molecule has 0 amide bonds. The zero-order valence-corrected chi connectivity index (χ0v) is 21.6. The highest BCUT2D eigenvalue weighted by atomic mass is 19.4. The van der Waals surface area contributed by atoms with Crippen LogP contribution in [0.25, 0.3) is 22.2 Å². The molecule has 4 heterocycles. The molecule has 1 aliphatic rings. The fourth-order valence-corrected chi connectivity index (χ4v) is 4.81. The molecule has 1 fully saturated rings. The van der Waals surface area contributed by atoms with Crippen LogP contribution in [0.5, 0.6) is 17.4 Å². The number of hydrogen-bond donors (Lipinski definition) is 0. The minimum Gasteiger partial charge on any atom is -0.490 e. The molecule has 0 saturated carbocycles. The van der Waals surface area contributed by atoms with Gasteiger partial charge in [0.2, 0.25) is 5.88 Å². The summed E-state index contributed by atoms with van der Waals surface area (Å²) in [6, 6.07) is 14.1. The number of alkyl halides is 3. The van der Waals surface area contributed by atoms with Gasteiger partial charge >= 0.3 is 6.36 Å². The van der Waals surface area contributed by atoms with Crippen molar-refractivity contribution < 1.29 is 27.4 Å². The number of halogens is 3. The van der Waals surface area contributed by atoms with Crippen LogP contribution in [-0.2, 0) is 7.05 Å². The van der Waals surface area contributed by atoms with Gasteiger partial charge in [-0.1, -0.05) is 0 Å². The van der Waals surface area contributed by atoms with Crippen LogP contribution >= 0.6 is 0 Å². The van der Waals surface area contributed by atoms with E-state index >= 15 is 0 Å². The molecule has 1 aromatic carbocycles. The summed E-state index contributed by atoms with van der Waals surface area (Å²) in [5.74, 6) is 0.455. The standard InChI is InChI=1S/C28H24F3N5O4/c1-35-22-8-3-18(16-32)34-25(22)26(24(27(35)37)17-9-12-33-23(15-17)38-2)36-13-10-20(11-14-36)39-19-4-6-21(7-5-19)40-28(29,30)31/h3-9,12,15,20H,10-11,13-14H2,1-2H3. The lowest BCUT2D eigenvalue weighted by molar-refractivity contribution is -0.274. The number of hydrogen-bond acceptors (Lipinski definition) is 8. The number of ether oxygens (including phenoxy) is 3. The quantitative estimate of drug-likeness (QED) is 0.336. The number of aromatic nitrogens is 3. The van der Waals surface area contributed by atoms with Gasteiger partial charge in [-0.25, -0.2) is 9.97 Å². The van der Waals surface area contributed by atoms with E-state index in [4.69, 9.17) is 9.47 Å². The Morgan fingerprint density at radius 1 is 1.05 bits per heavy atom. The topological polar surface area (TPSA) is 103 Å². The van der Waals surface area contributed by atoms with Crippen molar-refractivity contribution in [3.8, 4) is 34.6 Å². The fourth-order valence-electron chi connectivity index (χ4n) is 4.81. The van der Waals surface area contributed by atoms with E-state index < -0.39 is 6.36 Å². The summed E-state index contributed by atoms with van der Waals surface area (Å²) in [4.78, 5) is 24.5. The molecule has 0 radical (unpaired) electrons. The van der Waals surface area contributed by atoms with Gasteiger partial charge in [0, 0.05) is 45.2 Å². The van der Waals surface area contributed by atoms with Crippen LogP contribution < -0.4 is 24.7 Å². The maximum absolute atomic E-state index is 13.7. The molecule has 1 aliphatic heterocycles. The van der Waals surface area contributed by atoms with Crippen molar-refractivity contribution in [1.82, 2.24) is 14.5 Å². The first-order valence-corrected chi connectivity index (χ1v) is 12.4. The van der Waals surface area contributed by atoms with E-state index in [-0.39, 0.29) is 23.1 Å². The molecule has 0 N–H and O–H groups in total. The lowest BCUT2D eigenvalue weighted by atomic mass is 10.0. The second-order valence-corrected chi connectivity index (χ2v) is 9.17. The number of fused-ring (bicyclic) bond motifs is 1. The largest absolute Gasteiger partial charge is 0.573 e. The minimum atomic E-state index is -4.76. The van der Waals surface area contributed by atoms with Gasteiger partial charge < -0.3 is 23.7 Å². The summed E-state index contributed by atoms with van der Waals surface area (Å²) in [5, 5.41) is 9.52. The summed E-state index contributed by atoms with van der Waals surface area (Å²) in [6.07, 6.45) is -2.24. The number of nitrogens with zero attached hydrogens (tertiary/aromatic N) is 5. The van der Waals surface area contributed by atoms with Gasteiger partial charge in [-0.2, -0.15) is 5.26 Å². The average molecular weight is 552 g/mol. The molecular weight excluding hydrogens is 527 g/mol. The Kier molecular flexibility index (Phi) is 7.21. The third kappa shape index (κ3) is 5.49. The van der Waals surface area contributed by atoms with Gasteiger partial charge in [0.15, 0.2) is 0 Å². The Morgan fingerprint density at radius 3 is 2.40 bits per heavy atom. The Hall–Kier alpha value is -4.79. The van der Waals surface area contributed by atoms with Gasteiger partial charge in [0.25, 0.3) is 5.56 Å². The van der Waals surface area contributed by atoms with Gasteiger partial charge in [-0.15, -0.1) is 13.2 Å². The Bertz CT molecular complexity index is 1640. The first kappa shape index (κ1) is 26.8. The van der Waals surface area contributed by atoms with Gasteiger partial charge in [0.1, 0.15) is 34.9 Å². The van der Waals surface area contributed by atoms with Crippen LogP contribution in [0.1, 0.15) is 18.5 Å². The lowest BCUT2D eigenvalue weighted by Gasteiger charge is -2.35. The zero-order valence-electron chi connectivity index (χ0n) is 21.6. The number of anilines is 1. The van der Waals surface area contributed by atoms with Crippen LogP contribution in [0, 0.1) is 11.3 Å². The van der Waals surface area contributed by atoms with E-state index in [1.807, 2.05) is 0 Å². The smallest absolute Gasteiger partial charge is 0.490 e. The van der Waals surface area contributed by atoms with Gasteiger partial charge in [-0.3, -0.25) is 4.79 Å². The number of nitriles is 1. The zero-order chi connectivity index (χ0) is 28.4. The van der Waals surface area contributed by atoms with Gasteiger partial charge in [0.05, 0.1) is 23.9 Å². The van der Waals surface area contributed by atoms with Crippen molar-refractivity contribution in [2.45, 2.75) is 25.3 Å². The average Bonchev–Trinajstić information content (AvgIpc) is 2.95. The summed E-state index contributed by atoms with van der Waals surface area (Å²) in [6.45, 7) is 1.02. The second-order valence-electron chi connectivity index (χ2n) is 9.17. The molecule has 0 spiro atoms. The van der Waals surface area contributed by atoms with Crippen molar-refractivity contribution in [2.24, 2.45) is 7.05 Å². The lowest BCUT2D eigenvalue weighted by Crippen LogP contribution is -2.39. The summed E-state index contributed by atoms with van der Waals surface area (Å²) >= 11 is 0. The van der Waals surface area contributed by atoms with Crippen LogP contribution in [0.4, 0.5) is 18.9 Å². The summed E-state index contributed by atoms with van der Waals surface area (Å²) in [5.41, 5.74) is 2.72. The van der Waals surface area contributed by atoms with Crippen molar-refractivity contribution >= 4 is 16.7 Å². The highest BCUT2D eigenvalue weighted by Crippen LogP contribution is 2.37. The predicted molar refractivity (Wildman–Crippen MR) is 140 cm³/mol. The highest BCUT2D eigenvalue weighted by Gasteiger charge is 2.31. The maximum Gasteiger partial charge on any atom is 0.573 e. The van der Waals surface area contributed by atoms with E-state index in [1.54, 1.807) is 37.5 Å². The Balaban J connectivity index is 1.47. The Labute approximate surface area is 227 Å². The molecule has 0 unspecified atom stereocenters. The first-order valence-electron chi connectivity index (χ1n) is 12.4. The van der Waals surface area contributed by atoms with Crippen molar-refractivity contribution in [1.29, 1.82) is 5.26 Å². The molecule has 40 heavy (non-hydrogen) atoms. The van der Waals surface area contributed by atoms with Crippen molar-refractivity contribution in [3.05, 3.63) is 70.8 Å². The van der Waals surface area contributed by atoms with E-state index in [0.29, 0.717) is 65.4 Å². The highest BCUT2D eigenvalue weighted by molar-refractivity contribution is 5.98. The number of aryl methyl sites for hydroxylation is 1. The Morgan fingerprint density at radius 2 is 1.75 bits per heavy atom. The third-order valence-electron chi connectivity index (χ3n) is 6.68. The number of rotatable bonds is 6. The molecule has 5 rings (SSSR count). The predicted octanol–water partition coefficient (Wildman–Crippen LogP) is 4.82. The maximum atomic E-state index is 13.7. The monoisotopic (exact) mass is 551 g/mol. The number of benzene rings is 1. The number of methoxy groups -OCH3 is 1. The molecule has 0 atom stereocenters. The second kappa shape index (κ2) is 10.8. The molecule has 9 nitrogen and oxygen atoms in total. The molecular formula is C28H24F3N5O4. The normalized spacial score (nSPS) is 14.2. The number of piperidine rings is 1. The molecule has 1 saturated heterocycles. The van der Waals surface area contributed by atoms with Gasteiger partial charge in [-0.05, 0) is 48.0 Å². The van der Waals surface area contributed by atoms with E-state index in [2.05, 4.69) is 25.7 Å². The van der Waals surface area contributed by atoms with Crippen LogP contribution in [0.15, 0.2) is 59.5 Å². The molecule has 3 aromatic heterocycles. The molecule has 0 bridgehead atoms. The SMILES string of the molecule is COc1cc(-c2c(N3CCC(Oc4ccc(OC(F)(F)F)cc4)CC3)c3nc(C#N)ccc3n(C)c2=O)ccn1. The molecule has 206 valence electrons. The van der Waals surface area contributed by atoms with Crippen LogP contribution in [0.2, 0.25) is 0 Å². The van der Waals surface area contributed by atoms with Crippen molar-refractivity contribution in [2.75, 3.05) is 25.1 Å². The third-order valence-corrected chi connectivity index (χ3v) is 6.68. The summed E-state index contributed by atoms with van der Waals surface area (Å²) in [7, 11) is 3.16. The first-order chi connectivity index (χ1) is 19.2. The molecule has 0 aliphatic carbocycles. The number of pyridine rings is 3. The molecule has 4 aromatic rings. The van der Waals surface area contributed by atoms with Crippen molar-refractivity contribution in [3.63, 3.8) is 0 Å². The van der Waals surface area contributed by atoms with Crippen LogP contribution in [0.3, 0.4) is 0 Å².